The summed E-state index contributed by atoms with van der Waals surface area (Å²) < 4.78 is 50.8. The van der Waals surface area contributed by atoms with E-state index in [0.717, 1.165) is 20.1 Å². The molecule has 1 heterocycles. The molecule has 0 aromatic heterocycles. The van der Waals surface area contributed by atoms with Crippen LogP contribution < -0.4 is 14.8 Å². The van der Waals surface area contributed by atoms with E-state index in [2.05, 4.69) is 37.2 Å². The van der Waals surface area contributed by atoms with Crippen LogP contribution in [0.15, 0.2) is 80.7 Å². The Morgan fingerprint density at radius 2 is 1.52 bits per heavy atom. The van der Waals surface area contributed by atoms with Crippen LogP contribution >= 0.6 is 31.9 Å². The summed E-state index contributed by atoms with van der Waals surface area (Å²) in [5, 5.41) is 3.40. The number of rotatable bonds is 6. The molecule has 0 saturated carbocycles. The van der Waals surface area contributed by atoms with Gasteiger partial charge in [-0.2, -0.15) is 13.2 Å². The van der Waals surface area contributed by atoms with Gasteiger partial charge in [0.15, 0.2) is 6.61 Å². The molecular weight excluding hydrogens is 565 g/mol. The Bertz CT molecular complexity index is 1150. The van der Waals surface area contributed by atoms with E-state index in [1.165, 1.54) is 13.2 Å². The fourth-order valence-electron chi connectivity index (χ4n) is 3.59. The number of nitrogens with one attached hydrogen (secondary N) is 1. The Morgan fingerprint density at radius 3 is 2.09 bits per heavy atom. The van der Waals surface area contributed by atoms with Crippen LogP contribution in [-0.4, -0.2) is 25.7 Å². The fourth-order valence-corrected chi connectivity index (χ4v) is 4.12. The lowest BCUT2D eigenvalue weighted by molar-refractivity contribution is -0.153. The van der Waals surface area contributed by atoms with Gasteiger partial charge in [-0.05, 0) is 47.5 Å². The molecule has 172 valence electrons. The number of methoxy groups -OCH3 is 1. The van der Waals surface area contributed by atoms with Crippen LogP contribution in [0.1, 0.15) is 28.8 Å². The summed E-state index contributed by atoms with van der Waals surface area (Å²) in [5.41, 5.74) is 2.40. The van der Waals surface area contributed by atoms with Gasteiger partial charge in [-0.1, -0.05) is 56.1 Å². The molecule has 2 unspecified atom stereocenters. The van der Waals surface area contributed by atoms with Crippen molar-refractivity contribution in [2.75, 3.05) is 13.7 Å². The molecule has 9 heteroatoms. The standard InChI is InChI=1S/C24H19Br2F3N2O2/c1-32-18-10-11-19(20(12-18)33-13-24(27,28)29)23-30-21(14-2-6-16(25)7-3-14)22(31-23)15-4-8-17(26)9-5-15/h2-12,21-22H,13H2,1H3,(H,30,31). The molecule has 33 heavy (non-hydrogen) atoms. The van der Waals surface area contributed by atoms with Gasteiger partial charge in [0.1, 0.15) is 23.4 Å². The third-order valence-corrected chi connectivity index (χ3v) is 6.21. The van der Waals surface area contributed by atoms with Crippen molar-refractivity contribution in [2.24, 2.45) is 4.99 Å². The Labute approximate surface area is 206 Å². The van der Waals surface area contributed by atoms with Crippen molar-refractivity contribution >= 4 is 37.7 Å². The number of alkyl halides is 3. The van der Waals surface area contributed by atoms with Crippen molar-refractivity contribution in [2.45, 2.75) is 18.3 Å². The highest BCUT2D eigenvalue weighted by Gasteiger charge is 2.34. The first-order chi connectivity index (χ1) is 15.7. The van der Waals surface area contributed by atoms with E-state index in [0.29, 0.717) is 17.1 Å². The lowest BCUT2D eigenvalue weighted by Crippen LogP contribution is -2.26. The molecule has 0 bridgehead atoms. The van der Waals surface area contributed by atoms with Gasteiger partial charge in [0.2, 0.25) is 0 Å². The Balaban J connectivity index is 1.74. The predicted octanol–water partition coefficient (Wildman–Crippen LogP) is 6.99. The van der Waals surface area contributed by atoms with Gasteiger partial charge in [-0.15, -0.1) is 0 Å². The Hall–Kier alpha value is -2.52. The highest BCUT2D eigenvalue weighted by Crippen LogP contribution is 2.39. The average molecular weight is 584 g/mol. The first-order valence-electron chi connectivity index (χ1n) is 9.97. The minimum Gasteiger partial charge on any atom is -0.497 e. The predicted molar refractivity (Wildman–Crippen MR) is 128 cm³/mol. The van der Waals surface area contributed by atoms with E-state index in [1.54, 1.807) is 12.1 Å². The maximum Gasteiger partial charge on any atom is 0.422 e. The lowest BCUT2D eigenvalue weighted by Gasteiger charge is -2.20. The van der Waals surface area contributed by atoms with E-state index < -0.39 is 12.8 Å². The zero-order valence-corrected chi connectivity index (χ0v) is 20.5. The number of benzene rings is 3. The second-order valence-corrected chi connectivity index (χ2v) is 9.24. The summed E-state index contributed by atoms with van der Waals surface area (Å²) in [6, 6.07) is 19.9. The number of halogens is 5. The van der Waals surface area contributed by atoms with Crippen LogP contribution in [0, 0.1) is 0 Å². The van der Waals surface area contributed by atoms with Gasteiger partial charge in [-0.3, -0.25) is 4.99 Å². The molecule has 1 aliphatic heterocycles. The topological polar surface area (TPSA) is 42.8 Å². The van der Waals surface area contributed by atoms with Crippen molar-refractivity contribution in [3.8, 4) is 11.5 Å². The van der Waals surface area contributed by atoms with Crippen LogP contribution in [0.25, 0.3) is 0 Å². The molecule has 0 spiro atoms. The SMILES string of the molecule is COc1ccc(C2=NC(c3ccc(Br)cc3)C(c3ccc(Br)cc3)N2)c(OCC(F)(F)F)c1. The molecule has 1 N–H and O–H groups in total. The first kappa shape index (κ1) is 23.6. The maximum atomic E-state index is 12.9. The molecule has 1 aliphatic rings. The molecule has 0 aliphatic carbocycles. The maximum absolute atomic E-state index is 12.9. The first-order valence-corrected chi connectivity index (χ1v) is 11.6. The fraction of sp³-hybridized carbons (Fsp3) is 0.208. The Kier molecular flexibility index (Phi) is 6.99. The number of hydrogen-bond donors (Lipinski definition) is 1. The number of ether oxygens (including phenoxy) is 2. The van der Waals surface area contributed by atoms with Crippen molar-refractivity contribution < 1.29 is 22.6 Å². The molecule has 2 atom stereocenters. The lowest BCUT2D eigenvalue weighted by atomic mass is 9.95. The third kappa shape index (κ3) is 5.70. The smallest absolute Gasteiger partial charge is 0.422 e. The van der Waals surface area contributed by atoms with Crippen molar-refractivity contribution in [1.29, 1.82) is 0 Å². The van der Waals surface area contributed by atoms with E-state index in [-0.39, 0.29) is 17.8 Å². The molecule has 0 fully saturated rings. The van der Waals surface area contributed by atoms with Crippen LogP contribution in [0.3, 0.4) is 0 Å². The molecule has 4 nitrogen and oxygen atoms in total. The summed E-state index contributed by atoms with van der Waals surface area (Å²) in [6.45, 7) is -1.41. The summed E-state index contributed by atoms with van der Waals surface area (Å²) >= 11 is 6.90. The minimum atomic E-state index is -4.47. The van der Waals surface area contributed by atoms with E-state index in [9.17, 15) is 13.2 Å². The van der Waals surface area contributed by atoms with Gasteiger partial charge in [-0.25, -0.2) is 0 Å². The van der Waals surface area contributed by atoms with Crippen LogP contribution in [0.5, 0.6) is 11.5 Å². The van der Waals surface area contributed by atoms with E-state index in [1.807, 2.05) is 48.5 Å². The number of aliphatic imine (C=N–C) groups is 1. The van der Waals surface area contributed by atoms with Crippen molar-refractivity contribution in [1.82, 2.24) is 5.32 Å². The highest BCUT2D eigenvalue weighted by atomic mass is 79.9. The quantitative estimate of drug-likeness (QED) is 0.340. The normalized spacial score (nSPS) is 17.9. The third-order valence-electron chi connectivity index (χ3n) is 5.15. The van der Waals surface area contributed by atoms with Gasteiger partial charge >= 0.3 is 6.18 Å². The average Bonchev–Trinajstić information content (AvgIpc) is 3.23. The second kappa shape index (κ2) is 9.77. The molecule has 3 aromatic carbocycles. The molecule has 0 saturated heterocycles. The summed E-state index contributed by atoms with van der Waals surface area (Å²) in [7, 11) is 1.45. The van der Waals surface area contributed by atoms with Gasteiger partial charge in [0.25, 0.3) is 0 Å². The van der Waals surface area contributed by atoms with E-state index >= 15 is 0 Å². The number of hydrogen-bond acceptors (Lipinski definition) is 4. The van der Waals surface area contributed by atoms with Crippen molar-refractivity contribution in [3.63, 3.8) is 0 Å². The monoisotopic (exact) mass is 582 g/mol. The molecule has 0 amide bonds. The largest absolute Gasteiger partial charge is 0.497 e. The zero-order chi connectivity index (χ0) is 23.6. The van der Waals surface area contributed by atoms with Gasteiger partial charge < -0.3 is 14.8 Å². The molecular formula is C24H19Br2F3N2O2. The number of amidine groups is 1. The highest BCUT2D eigenvalue weighted by molar-refractivity contribution is 9.10. The van der Waals surface area contributed by atoms with Crippen LogP contribution in [0.2, 0.25) is 0 Å². The second-order valence-electron chi connectivity index (χ2n) is 7.41. The van der Waals surface area contributed by atoms with E-state index in [4.69, 9.17) is 14.5 Å². The van der Waals surface area contributed by atoms with Crippen LogP contribution in [0.4, 0.5) is 13.2 Å². The molecule has 0 radical (unpaired) electrons. The van der Waals surface area contributed by atoms with Gasteiger partial charge in [0.05, 0.1) is 18.7 Å². The number of nitrogens with zero attached hydrogens (tertiary/aromatic N) is 1. The summed E-state index contributed by atoms with van der Waals surface area (Å²) in [5.74, 6) is 0.892. The zero-order valence-electron chi connectivity index (χ0n) is 17.4. The Morgan fingerprint density at radius 1 is 0.909 bits per heavy atom. The van der Waals surface area contributed by atoms with Crippen LogP contribution in [-0.2, 0) is 0 Å². The summed E-state index contributed by atoms with van der Waals surface area (Å²) in [6.07, 6.45) is -4.47. The molecule has 3 aromatic rings. The minimum absolute atomic E-state index is 0.0453. The summed E-state index contributed by atoms with van der Waals surface area (Å²) in [4.78, 5) is 4.88. The van der Waals surface area contributed by atoms with Crippen molar-refractivity contribution in [3.05, 3.63) is 92.4 Å². The molecule has 4 rings (SSSR count). The van der Waals surface area contributed by atoms with Gasteiger partial charge in [0, 0.05) is 15.0 Å².